The van der Waals surface area contributed by atoms with Crippen molar-refractivity contribution in [3.63, 3.8) is 0 Å². The first-order valence-corrected chi connectivity index (χ1v) is 4.40. The normalized spacial score (nSPS) is 25.5. The van der Waals surface area contributed by atoms with Crippen LogP contribution < -0.4 is 10.6 Å². The van der Waals surface area contributed by atoms with Crippen molar-refractivity contribution >= 4 is 0 Å². The molecule has 0 saturated carbocycles. The average molecular weight is 142 g/mol. The average Bonchev–Trinajstić information content (AvgIpc) is 2.41. The van der Waals surface area contributed by atoms with Gasteiger partial charge in [-0.25, -0.2) is 0 Å². The summed E-state index contributed by atoms with van der Waals surface area (Å²) < 4.78 is 0. The lowest BCUT2D eigenvalue weighted by molar-refractivity contribution is 0.475. The summed E-state index contributed by atoms with van der Waals surface area (Å²) in [4.78, 5) is 0. The highest BCUT2D eigenvalue weighted by Gasteiger charge is 2.11. The summed E-state index contributed by atoms with van der Waals surface area (Å²) in [5.41, 5.74) is 0. The summed E-state index contributed by atoms with van der Waals surface area (Å²) in [6.07, 6.45) is 5.86. The Bertz CT molecular complexity index is 77.3. The molecule has 1 atom stereocenters. The minimum absolute atomic E-state index is 0.617. The molecule has 1 aliphatic rings. The van der Waals surface area contributed by atoms with Crippen LogP contribution in [-0.2, 0) is 0 Å². The lowest BCUT2D eigenvalue weighted by atomic mass is 10.3. The lowest BCUT2D eigenvalue weighted by Crippen LogP contribution is -2.37. The maximum Gasteiger partial charge on any atom is 0.0572 e. The maximum atomic E-state index is 3.47. The van der Waals surface area contributed by atoms with Crippen molar-refractivity contribution in [1.82, 2.24) is 10.6 Å². The summed E-state index contributed by atoms with van der Waals surface area (Å²) in [5, 5.41) is 6.88. The molecular formula is C8H18N2. The van der Waals surface area contributed by atoms with Crippen LogP contribution in [0.5, 0.6) is 0 Å². The van der Waals surface area contributed by atoms with Gasteiger partial charge in [-0.2, -0.15) is 0 Å². The molecule has 1 rings (SSSR count). The van der Waals surface area contributed by atoms with E-state index in [1.807, 2.05) is 0 Å². The zero-order valence-corrected chi connectivity index (χ0v) is 6.82. The summed E-state index contributed by atoms with van der Waals surface area (Å²) in [5.74, 6) is 0. The van der Waals surface area contributed by atoms with Gasteiger partial charge in [-0.1, -0.05) is 13.3 Å². The first-order valence-electron chi connectivity index (χ1n) is 4.40. The lowest BCUT2D eigenvalue weighted by Gasteiger charge is -2.11. The topological polar surface area (TPSA) is 24.1 Å². The van der Waals surface area contributed by atoms with Crippen LogP contribution in [0.1, 0.15) is 32.6 Å². The van der Waals surface area contributed by atoms with E-state index in [2.05, 4.69) is 17.6 Å². The molecule has 0 bridgehead atoms. The fraction of sp³-hybridized carbons (Fsp3) is 1.00. The van der Waals surface area contributed by atoms with Gasteiger partial charge in [0.25, 0.3) is 0 Å². The molecule has 0 spiro atoms. The Balaban J connectivity index is 1.91. The summed E-state index contributed by atoms with van der Waals surface area (Å²) in [6, 6.07) is 0. The molecule has 2 N–H and O–H groups in total. The van der Waals surface area contributed by atoms with Gasteiger partial charge in [-0.3, -0.25) is 0 Å². The largest absolute Gasteiger partial charge is 0.302 e. The van der Waals surface area contributed by atoms with Crippen LogP contribution in [0.2, 0.25) is 0 Å². The van der Waals surface area contributed by atoms with E-state index in [1.54, 1.807) is 0 Å². The van der Waals surface area contributed by atoms with E-state index >= 15 is 0 Å². The molecule has 0 radical (unpaired) electrons. The predicted octanol–water partition coefficient (Wildman–Crippen LogP) is 1.09. The number of nitrogens with one attached hydrogen (secondary N) is 2. The Morgan fingerprint density at radius 3 is 3.10 bits per heavy atom. The second-order valence-electron chi connectivity index (χ2n) is 2.96. The van der Waals surface area contributed by atoms with Gasteiger partial charge in [0.1, 0.15) is 0 Å². The van der Waals surface area contributed by atoms with E-state index in [9.17, 15) is 0 Å². The fourth-order valence-electron chi connectivity index (χ4n) is 1.31. The quantitative estimate of drug-likeness (QED) is 0.574. The third-order valence-corrected chi connectivity index (χ3v) is 1.98. The molecule has 0 aliphatic carbocycles. The fourth-order valence-corrected chi connectivity index (χ4v) is 1.31. The Morgan fingerprint density at radius 2 is 2.50 bits per heavy atom. The molecule has 1 unspecified atom stereocenters. The van der Waals surface area contributed by atoms with Crippen LogP contribution in [0.3, 0.4) is 0 Å². The molecule has 0 amide bonds. The third-order valence-electron chi connectivity index (χ3n) is 1.98. The molecule has 0 aromatic carbocycles. The molecule has 2 nitrogen and oxygen atoms in total. The monoisotopic (exact) mass is 142 g/mol. The molecule has 1 aliphatic heterocycles. The molecule has 0 aromatic rings. The van der Waals surface area contributed by atoms with Gasteiger partial charge in [0.2, 0.25) is 0 Å². The first-order chi connectivity index (χ1) is 4.93. The standard InChI is InChI=1S/C8H18N2/c1-2-3-6-9-8-5-4-7-10-8/h8-10H,2-7H2,1H3. The van der Waals surface area contributed by atoms with Crippen molar-refractivity contribution in [1.29, 1.82) is 0 Å². The zero-order valence-electron chi connectivity index (χ0n) is 6.82. The molecule has 2 heteroatoms. The van der Waals surface area contributed by atoms with Crippen molar-refractivity contribution in [2.24, 2.45) is 0 Å². The van der Waals surface area contributed by atoms with Crippen LogP contribution in [0, 0.1) is 0 Å². The van der Waals surface area contributed by atoms with Crippen molar-refractivity contribution in [3.05, 3.63) is 0 Å². The van der Waals surface area contributed by atoms with Gasteiger partial charge in [0.05, 0.1) is 6.17 Å². The second kappa shape index (κ2) is 4.69. The van der Waals surface area contributed by atoms with Crippen LogP contribution in [-0.4, -0.2) is 19.3 Å². The highest BCUT2D eigenvalue weighted by Crippen LogP contribution is 2.01. The molecule has 10 heavy (non-hydrogen) atoms. The highest BCUT2D eigenvalue weighted by atomic mass is 15.1. The van der Waals surface area contributed by atoms with Gasteiger partial charge in [0.15, 0.2) is 0 Å². The molecule has 1 heterocycles. The number of rotatable bonds is 4. The smallest absolute Gasteiger partial charge is 0.0572 e. The number of hydrogen-bond donors (Lipinski definition) is 2. The van der Waals surface area contributed by atoms with E-state index in [4.69, 9.17) is 0 Å². The van der Waals surface area contributed by atoms with Gasteiger partial charge in [-0.15, -0.1) is 0 Å². The molecule has 60 valence electrons. The van der Waals surface area contributed by atoms with E-state index in [0.717, 1.165) is 0 Å². The minimum atomic E-state index is 0.617. The third kappa shape index (κ3) is 2.67. The Kier molecular flexibility index (Phi) is 3.76. The summed E-state index contributed by atoms with van der Waals surface area (Å²) in [7, 11) is 0. The van der Waals surface area contributed by atoms with Crippen LogP contribution in [0.15, 0.2) is 0 Å². The van der Waals surface area contributed by atoms with Crippen molar-refractivity contribution in [3.8, 4) is 0 Å². The summed E-state index contributed by atoms with van der Waals surface area (Å²) >= 11 is 0. The summed E-state index contributed by atoms with van der Waals surface area (Å²) in [6.45, 7) is 4.60. The van der Waals surface area contributed by atoms with E-state index in [1.165, 1.54) is 38.8 Å². The van der Waals surface area contributed by atoms with Crippen molar-refractivity contribution < 1.29 is 0 Å². The SMILES string of the molecule is CCCCNC1CCCN1. The van der Waals surface area contributed by atoms with E-state index in [-0.39, 0.29) is 0 Å². The zero-order chi connectivity index (χ0) is 7.23. The van der Waals surface area contributed by atoms with E-state index in [0.29, 0.717) is 6.17 Å². The Morgan fingerprint density at radius 1 is 1.60 bits per heavy atom. The van der Waals surface area contributed by atoms with Gasteiger partial charge in [-0.05, 0) is 32.4 Å². The van der Waals surface area contributed by atoms with Crippen LogP contribution in [0.25, 0.3) is 0 Å². The van der Waals surface area contributed by atoms with Gasteiger partial charge in [0, 0.05) is 0 Å². The minimum Gasteiger partial charge on any atom is -0.302 e. The Hall–Kier alpha value is -0.0800. The number of hydrogen-bond acceptors (Lipinski definition) is 2. The van der Waals surface area contributed by atoms with Gasteiger partial charge >= 0.3 is 0 Å². The van der Waals surface area contributed by atoms with Crippen molar-refractivity contribution in [2.45, 2.75) is 38.8 Å². The molecule has 1 saturated heterocycles. The predicted molar refractivity (Wildman–Crippen MR) is 43.9 cm³/mol. The van der Waals surface area contributed by atoms with Crippen molar-refractivity contribution in [2.75, 3.05) is 13.1 Å². The number of unbranched alkanes of at least 4 members (excludes halogenated alkanes) is 1. The Labute approximate surface area is 63.4 Å². The van der Waals surface area contributed by atoms with E-state index < -0.39 is 0 Å². The second-order valence-corrected chi connectivity index (χ2v) is 2.96. The molecular weight excluding hydrogens is 124 g/mol. The molecule has 1 fully saturated rings. The molecule has 0 aromatic heterocycles. The highest BCUT2D eigenvalue weighted by molar-refractivity contribution is 4.71. The van der Waals surface area contributed by atoms with Crippen LogP contribution in [0.4, 0.5) is 0 Å². The van der Waals surface area contributed by atoms with Gasteiger partial charge < -0.3 is 10.6 Å². The maximum absolute atomic E-state index is 3.47. The first kappa shape index (κ1) is 8.02. The van der Waals surface area contributed by atoms with Crippen LogP contribution >= 0.6 is 0 Å².